The molecule has 0 aliphatic rings. The van der Waals surface area contributed by atoms with Crippen LogP contribution in [-0.2, 0) is 13.0 Å². The van der Waals surface area contributed by atoms with Crippen molar-refractivity contribution >= 4 is 11.6 Å². The molecule has 1 N–H and O–H groups in total. The molecule has 2 aromatic carbocycles. The van der Waals surface area contributed by atoms with Crippen LogP contribution in [0.1, 0.15) is 25.0 Å². The molecule has 1 atom stereocenters. The fourth-order valence-electron chi connectivity index (χ4n) is 2.23. The van der Waals surface area contributed by atoms with E-state index in [1.807, 2.05) is 37.3 Å². The minimum Gasteiger partial charge on any atom is -0.494 e. The highest BCUT2D eigenvalue weighted by Gasteiger charge is 2.06. The fourth-order valence-corrected chi connectivity index (χ4v) is 2.44. The highest BCUT2D eigenvalue weighted by molar-refractivity contribution is 6.31. The van der Waals surface area contributed by atoms with Crippen molar-refractivity contribution in [3.8, 4) is 5.75 Å². The maximum Gasteiger partial charge on any atom is 0.119 e. The van der Waals surface area contributed by atoms with E-state index in [2.05, 4.69) is 30.4 Å². The van der Waals surface area contributed by atoms with E-state index >= 15 is 0 Å². The number of ether oxygens (including phenoxy) is 1. The standard InChI is InChI=1S/C18H22ClNO/c1-3-21-17-10-8-15(9-11-17)13-20-14(2)12-16-6-4-5-7-18(16)19/h4-11,14,20H,3,12-13H2,1-2H3. The number of rotatable bonds is 7. The number of benzene rings is 2. The summed E-state index contributed by atoms with van der Waals surface area (Å²) in [5, 5.41) is 4.37. The van der Waals surface area contributed by atoms with Crippen LogP contribution in [0.3, 0.4) is 0 Å². The van der Waals surface area contributed by atoms with Gasteiger partial charge in [0.15, 0.2) is 0 Å². The van der Waals surface area contributed by atoms with Crippen LogP contribution in [-0.4, -0.2) is 12.6 Å². The molecule has 3 heteroatoms. The summed E-state index contributed by atoms with van der Waals surface area (Å²) in [6.07, 6.45) is 0.927. The van der Waals surface area contributed by atoms with Crippen molar-refractivity contribution in [2.45, 2.75) is 32.9 Å². The molecule has 2 aromatic rings. The van der Waals surface area contributed by atoms with Gasteiger partial charge in [-0.1, -0.05) is 41.9 Å². The SMILES string of the molecule is CCOc1ccc(CNC(C)Cc2ccccc2Cl)cc1. The van der Waals surface area contributed by atoms with Crippen molar-refractivity contribution in [1.29, 1.82) is 0 Å². The Bertz CT molecular complexity index is 553. The summed E-state index contributed by atoms with van der Waals surface area (Å²) < 4.78 is 5.44. The van der Waals surface area contributed by atoms with Gasteiger partial charge in [0.05, 0.1) is 6.61 Å². The van der Waals surface area contributed by atoms with Crippen molar-refractivity contribution in [3.63, 3.8) is 0 Å². The van der Waals surface area contributed by atoms with Gasteiger partial charge in [0.1, 0.15) is 5.75 Å². The zero-order chi connectivity index (χ0) is 15.1. The number of hydrogen-bond donors (Lipinski definition) is 1. The normalized spacial score (nSPS) is 12.1. The van der Waals surface area contributed by atoms with Crippen LogP contribution < -0.4 is 10.1 Å². The zero-order valence-electron chi connectivity index (χ0n) is 12.6. The van der Waals surface area contributed by atoms with E-state index in [0.29, 0.717) is 12.6 Å². The molecule has 1 unspecified atom stereocenters. The smallest absolute Gasteiger partial charge is 0.119 e. The Morgan fingerprint density at radius 3 is 2.48 bits per heavy atom. The van der Waals surface area contributed by atoms with Gasteiger partial charge >= 0.3 is 0 Å². The minimum absolute atomic E-state index is 0.372. The van der Waals surface area contributed by atoms with Gasteiger partial charge < -0.3 is 10.1 Å². The quantitative estimate of drug-likeness (QED) is 0.815. The predicted octanol–water partition coefficient (Wildman–Crippen LogP) is 4.46. The lowest BCUT2D eigenvalue weighted by Gasteiger charge is -2.15. The first-order valence-corrected chi connectivity index (χ1v) is 7.75. The minimum atomic E-state index is 0.372. The topological polar surface area (TPSA) is 21.3 Å². The van der Waals surface area contributed by atoms with E-state index in [-0.39, 0.29) is 0 Å². The molecule has 0 fully saturated rings. The van der Waals surface area contributed by atoms with Gasteiger partial charge in [-0.05, 0) is 49.6 Å². The zero-order valence-corrected chi connectivity index (χ0v) is 13.4. The van der Waals surface area contributed by atoms with Crippen molar-refractivity contribution in [3.05, 3.63) is 64.7 Å². The predicted molar refractivity (Wildman–Crippen MR) is 89.1 cm³/mol. The van der Waals surface area contributed by atoms with Crippen molar-refractivity contribution < 1.29 is 4.74 Å². The monoisotopic (exact) mass is 303 g/mol. The summed E-state index contributed by atoms with van der Waals surface area (Å²) in [6.45, 7) is 5.72. The van der Waals surface area contributed by atoms with Crippen molar-refractivity contribution in [2.24, 2.45) is 0 Å². The molecule has 0 aromatic heterocycles. The highest BCUT2D eigenvalue weighted by atomic mass is 35.5. The third-order valence-electron chi connectivity index (χ3n) is 3.37. The average Bonchev–Trinajstić information content (AvgIpc) is 2.49. The first-order valence-electron chi connectivity index (χ1n) is 7.37. The van der Waals surface area contributed by atoms with E-state index in [1.165, 1.54) is 11.1 Å². The third kappa shape index (κ3) is 5.07. The molecule has 2 rings (SSSR count). The van der Waals surface area contributed by atoms with E-state index in [1.54, 1.807) is 0 Å². The lowest BCUT2D eigenvalue weighted by molar-refractivity contribution is 0.340. The van der Waals surface area contributed by atoms with E-state index in [0.717, 1.165) is 23.7 Å². The second kappa shape index (κ2) is 8.06. The summed E-state index contributed by atoms with van der Waals surface area (Å²) in [5.41, 5.74) is 2.44. The summed E-state index contributed by atoms with van der Waals surface area (Å²) in [7, 11) is 0. The summed E-state index contributed by atoms with van der Waals surface area (Å²) >= 11 is 6.19. The van der Waals surface area contributed by atoms with Gasteiger partial charge in [0.25, 0.3) is 0 Å². The van der Waals surface area contributed by atoms with Gasteiger partial charge in [0, 0.05) is 17.6 Å². The summed E-state index contributed by atoms with van der Waals surface area (Å²) in [4.78, 5) is 0. The Kier molecular flexibility index (Phi) is 6.09. The van der Waals surface area contributed by atoms with E-state index in [4.69, 9.17) is 16.3 Å². The Morgan fingerprint density at radius 2 is 1.81 bits per heavy atom. The van der Waals surface area contributed by atoms with Crippen LogP contribution in [0, 0.1) is 0 Å². The molecule has 0 bridgehead atoms. The Hall–Kier alpha value is -1.51. The van der Waals surface area contributed by atoms with Gasteiger partial charge in [-0.2, -0.15) is 0 Å². The number of nitrogens with one attached hydrogen (secondary N) is 1. The lowest BCUT2D eigenvalue weighted by atomic mass is 10.1. The van der Waals surface area contributed by atoms with Crippen molar-refractivity contribution in [2.75, 3.05) is 6.61 Å². The Morgan fingerprint density at radius 1 is 1.10 bits per heavy atom. The molecule has 2 nitrogen and oxygen atoms in total. The maximum absolute atomic E-state index is 6.19. The number of halogens is 1. The van der Waals surface area contributed by atoms with Crippen LogP contribution in [0.15, 0.2) is 48.5 Å². The summed E-state index contributed by atoms with van der Waals surface area (Å²) in [5.74, 6) is 0.922. The second-order valence-corrected chi connectivity index (χ2v) is 5.56. The molecule has 0 saturated heterocycles. The molecular formula is C18H22ClNO. The molecule has 112 valence electrons. The highest BCUT2D eigenvalue weighted by Crippen LogP contribution is 2.17. The third-order valence-corrected chi connectivity index (χ3v) is 3.74. The fraction of sp³-hybridized carbons (Fsp3) is 0.333. The largest absolute Gasteiger partial charge is 0.494 e. The molecule has 0 aliphatic heterocycles. The van der Waals surface area contributed by atoms with Gasteiger partial charge in [0.2, 0.25) is 0 Å². The molecule has 0 saturated carbocycles. The van der Waals surface area contributed by atoms with Gasteiger partial charge in [-0.15, -0.1) is 0 Å². The lowest BCUT2D eigenvalue weighted by Crippen LogP contribution is -2.27. The number of hydrogen-bond acceptors (Lipinski definition) is 2. The van der Waals surface area contributed by atoms with Gasteiger partial charge in [-0.3, -0.25) is 0 Å². The first-order chi connectivity index (χ1) is 10.2. The molecule has 0 spiro atoms. The molecule has 21 heavy (non-hydrogen) atoms. The van der Waals surface area contributed by atoms with E-state index in [9.17, 15) is 0 Å². The van der Waals surface area contributed by atoms with Crippen molar-refractivity contribution in [1.82, 2.24) is 5.32 Å². The van der Waals surface area contributed by atoms with Crippen LogP contribution in [0.2, 0.25) is 5.02 Å². The molecular weight excluding hydrogens is 282 g/mol. The molecule has 0 heterocycles. The molecule has 0 aliphatic carbocycles. The maximum atomic E-state index is 6.19. The molecule has 0 radical (unpaired) electrons. The first kappa shape index (κ1) is 15.9. The van der Waals surface area contributed by atoms with E-state index < -0.39 is 0 Å². The average molecular weight is 304 g/mol. The second-order valence-electron chi connectivity index (χ2n) is 5.15. The Labute approximate surface area is 132 Å². The van der Waals surface area contributed by atoms with Gasteiger partial charge in [-0.25, -0.2) is 0 Å². The summed E-state index contributed by atoms with van der Waals surface area (Å²) in [6, 6.07) is 16.6. The molecule has 0 amide bonds. The van der Waals surface area contributed by atoms with Crippen LogP contribution in [0.4, 0.5) is 0 Å². The van der Waals surface area contributed by atoms with Crippen LogP contribution in [0.25, 0.3) is 0 Å². The van der Waals surface area contributed by atoms with Crippen LogP contribution >= 0.6 is 11.6 Å². The van der Waals surface area contributed by atoms with Crippen LogP contribution in [0.5, 0.6) is 5.75 Å². The Balaban J connectivity index is 1.83.